The molecule has 4 nitrogen and oxygen atoms in total. The minimum Gasteiger partial charge on any atom is -0.497 e. The van der Waals surface area contributed by atoms with Crippen molar-refractivity contribution in [1.82, 2.24) is 0 Å². The van der Waals surface area contributed by atoms with Crippen LogP contribution in [0.1, 0.15) is 24.8 Å². The third kappa shape index (κ3) is 4.28. The number of carbonyl (C=O) groups excluding carboxylic acids is 1. The summed E-state index contributed by atoms with van der Waals surface area (Å²) in [4.78, 5) is 14.6. The highest BCUT2D eigenvalue weighted by Gasteiger charge is 2.11. The lowest BCUT2D eigenvalue weighted by molar-refractivity contribution is -0.115. The smallest absolute Gasteiger partial charge is 0.228 e. The zero-order valence-corrected chi connectivity index (χ0v) is 14.1. The fourth-order valence-electron chi connectivity index (χ4n) is 3.08. The van der Waals surface area contributed by atoms with Crippen molar-refractivity contribution in [3.8, 4) is 5.75 Å². The summed E-state index contributed by atoms with van der Waals surface area (Å²) in [5, 5.41) is 2.96. The number of methoxy groups -OCH3 is 1. The molecule has 126 valence electrons. The van der Waals surface area contributed by atoms with Crippen LogP contribution in [0, 0.1) is 0 Å². The van der Waals surface area contributed by atoms with Gasteiger partial charge in [0, 0.05) is 24.5 Å². The summed E-state index contributed by atoms with van der Waals surface area (Å²) in [6.45, 7) is 2.25. The highest BCUT2D eigenvalue weighted by Crippen LogP contribution is 2.22. The highest BCUT2D eigenvalue weighted by atomic mass is 16.5. The standard InChI is InChI=1S/C20H24N2O2/c1-24-19-7-5-6-16(14-19)15-20(23)21-17-8-10-18(11-9-17)22-12-3-2-4-13-22/h5-11,14H,2-4,12-13,15H2,1H3,(H,21,23). The van der Waals surface area contributed by atoms with E-state index in [-0.39, 0.29) is 5.91 Å². The summed E-state index contributed by atoms with van der Waals surface area (Å²) in [6, 6.07) is 15.7. The summed E-state index contributed by atoms with van der Waals surface area (Å²) in [7, 11) is 1.63. The van der Waals surface area contributed by atoms with Crippen molar-refractivity contribution < 1.29 is 9.53 Å². The van der Waals surface area contributed by atoms with E-state index in [1.54, 1.807) is 7.11 Å². The largest absolute Gasteiger partial charge is 0.497 e. The predicted octanol–water partition coefficient (Wildman–Crippen LogP) is 3.87. The zero-order valence-electron chi connectivity index (χ0n) is 14.1. The molecule has 1 heterocycles. The fraction of sp³-hybridized carbons (Fsp3) is 0.350. The van der Waals surface area contributed by atoms with Gasteiger partial charge in [-0.2, -0.15) is 0 Å². The maximum Gasteiger partial charge on any atom is 0.228 e. The number of anilines is 2. The van der Waals surface area contributed by atoms with Crippen LogP contribution in [-0.4, -0.2) is 26.1 Å². The van der Waals surface area contributed by atoms with Crippen molar-refractivity contribution in [3.05, 3.63) is 54.1 Å². The van der Waals surface area contributed by atoms with Crippen molar-refractivity contribution in [2.45, 2.75) is 25.7 Å². The first-order valence-electron chi connectivity index (χ1n) is 8.52. The maximum atomic E-state index is 12.2. The van der Waals surface area contributed by atoms with E-state index in [0.29, 0.717) is 6.42 Å². The second-order valence-electron chi connectivity index (χ2n) is 6.17. The highest BCUT2D eigenvalue weighted by molar-refractivity contribution is 5.92. The van der Waals surface area contributed by atoms with Crippen LogP contribution in [-0.2, 0) is 11.2 Å². The Bertz CT molecular complexity index is 676. The molecule has 1 aliphatic rings. The van der Waals surface area contributed by atoms with Gasteiger partial charge < -0.3 is 15.0 Å². The lowest BCUT2D eigenvalue weighted by atomic mass is 10.1. The lowest BCUT2D eigenvalue weighted by Crippen LogP contribution is -2.29. The molecule has 0 saturated carbocycles. The predicted molar refractivity (Wildman–Crippen MR) is 97.8 cm³/mol. The second kappa shape index (κ2) is 7.86. The molecule has 3 rings (SSSR count). The summed E-state index contributed by atoms with van der Waals surface area (Å²) in [6.07, 6.45) is 4.19. The van der Waals surface area contributed by atoms with Crippen molar-refractivity contribution in [2.75, 3.05) is 30.4 Å². The van der Waals surface area contributed by atoms with Gasteiger partial charge in [-0.25, -0.2) is 0 Å². The molecular weight excluding hydrogens is 300 g/mol. The first-order valence-corrected chi connectivity index (χ1v) is 8.52. The molecule has 0 atom stereocenters. The van der Waals surface area contributed by atoms with Crippen molar-refractivity contribution >= 4 is 17.3 Å². The van der Waals surface area contributed by atoms with Crippen molar-refractivity contribution in [3.63, 3.8) is 0 Å². The number of nitrogens with one attached hydrogen (secondary N) is 1. The van der Waals surface area contributed by atoms with Crippen molar-refractivity contribution in [1.29, 1.82) is 0 Å². The molecule has 0 unspecified atom stereocenters. The Hall–Kier alpha value is -2.49. The summed E-state index contributed by atoms with van der Waals surface area (Å²) in [5.41, 5.74) is 3.01. The Kier molecular flexibility index (Phi) is 5.36. The molecule has 0 aliphatic carbocycles. The molecule has 0 bridgehead atoms. The second-order valence-corrected chi connectivity index (χ2v) is 6.17. The zero-order chi connectivity index (χ0) is 16.8. The molecule has 0 spiro atoms. The molecule has 0 radical (unpaired) electrons. The van der Waals surface area contributed by atoms with Gasteiger partial charge in [0.1, 0.15) is 5.75 Å². The van der Waals surface area contributed by atoms with Gasteiger partial charge in [-0.3, -0.25) is 4.79 Å². The fourth-order valence-corrected chi connectivity index (χ4v) is 3.08. The normalized spacial score (nSPS) is 14.3. The number of benzene rings is 2. The van der Waals surface area contributed by atoms with Gasteiger partial charge in [-0.05, 0) is 61.2 Å². The molecular formula is C20H24N2O2. The SMILES string of the molecule is COc1cccc(CC(=O)Nc2ccc(N3CCCCC3)cc2)c1. The van der Waals surface area contributed by atoms with Gasteiger partial charge >= 0.3 is 0 Å². The molecule has 1 aliphatic heterocycles. The number of rotatable bonds is 5. The van der Waals surface area contributed by atoms with Gasteiger partial charge in [-0.15, -0.1) is 0 Å². The third-order valence-electron chi connectivity index (χ3n) is 4.37. The van der Waals surface area contributed by atoms with Gasteiger partial charge in [0.25, 0.3) is 0 Å². The average Bonchev–Trinajstić information content (AvgIpc) is 2.63. The number of amides is 1. The Morgan fingerprint density at radius 3 is 2.54 bits per heavy atom. The van der Waals surface area contributed by atoms with Gasteiger partial charge in [0.15, 0.2) is 0 Å². The molecule has 1 saturated heterocycles. The van der Waals surface area contributed by atoms with E-state index in [0.717, 1.165) is 30.1 Å². The van der Waals surface area contributed by atoms with E-state index in [2.05, 4.69) is 22.3 Å². The third-order valence-corrected chi connectivity index (χ3v) is 4.37. The Morgan fingerprint density at radius 2 is 1.83 bits per heavy atom. The van der Waals surface area contributed by atoms with Crippen LogP contribution < -0.4 is 15.0 Å². The first-order chi connectivity index (χ1) is 11.7. The van der Waals surface area contributed by atoms with E-state index >= 15 is 0 Å². The minimum absolute atomic E-state index is 0.0195. The van der Waals surface area contributed by atoms with E-state index in [1.165, 1.54) is 24.9 Å². The molecule has 2 aromatic rings. The van der Waals surface area contributed by atoms with E-state index in [4.69, 9.17) is 4.74 Å². The van der Waals surface area contributed by atoms with E-state index in [1.807, 2.05) is 36.4 Å². The molecule has 2 aromatic carbocycles. The molecule has 1 N–H and O–H groups in total. The molecule has 4 heteroatoms. The number of ether oxygens (including phenoxy) is 1. The average molecular weight is 324 g/mol. The summed E-state index contributed by atoms with van der Waals surface area (Å²) >= 11 is 0. The van der Waals surface area contributed by atoms with E-state index < -0.39 is 0 Å². The number of carbonyl (C=O) groups is 1. The van der Waals surface area contributed by atoms with Crippen LogP contribution in [0.15, 0.2) is 48.5 Å². The topological polar surface area (TPSA) is 41.6 Å². The molecule has 0 aromatic heterocycles. The first kappa shape index (κ1) is 16.4. The molecule has 24 heavy (non-hydrogen) atoms. The van der Waals surface area contributed by atoms with Gasteiger partial charge in [-0.1, -0.05) is 12.1 Å². The monoisotopic (exact) mass is 324 g/mol. The Labute approximate surface area is 143 Å². The summed E-state index contributed by atoms with van der Waals surface area (Å²) < 4.78 is 5.19. The number of nitrogens with zero attached hydrogens (tertiary/aromatic N) is 1. The van der Waals surface area contributed by atoms with Crippen LogP contribution in [0.3, 0.4) is 0 Å². The van der Waals surface area contributed by atoms with Gasteiger partial charge in [0.2, 0.25) is 5.91 Å². The quantitative estimate of drug-likeness (QED) is 0.908. The van der Waals surface area contributed by atoms with Crippen LogP contribution >= 0.6 is 0 Å². The number of hydrogen-bond acceptors (Lipinski definition) is 3. The minimum atomic E-state index is -0.0195. The lowest BCUT2D eigenvalue weighted by Gasteiger charge is -2.28. The number of hydrogen-bond donors (Lipinski definition) is 1. The molecule has 1 amide bonds. The number of piperidine rings is 1. The Balaban J connectivity index is 1.57. The van der Waals surface area contributed by atoms with Crippen molar-refractivity contribution in [2.24, 2.45) is 0 Å². The Morgan fingerprint density at radius 1 is 1.08 bits per heavy atom. The van der Waals surface area contributed by atoms with Crippen LogP contribution in [0.25, 0.3) is 0 Å². The molecule has 1 fully saturated rings. The van der Waals surface area contributed by atoms with Gasteiger partial charge in [0.05, 0.1) is 13.5 Å². The maximum absolute atomic E-state index is 12.2. The van der Waals surface area contributed by atoms with Crippen LogP contribution in [0.4, 0.5) is 11.4 Å². The summed E-state index contributed by atoms with van der Waals surface area (Å²) in [5.74, 6) is 0.750. The van der Waals surface area contributed by atoms with Crippen LogP contribution in [0.5, 0.6) is 5.75 Å². The van der Waals surface area contributed by atoms with E-state index in [9.17, 15) is 4.79 Å². The van der Waals surface area contributed by atoms with Crippen LogP contribution in [0.2, 0.25) is 0 Å².